The first-order chi connectivity index (χ1) is 5.70. The number of halogens is 1. The second-order valence-electron chi connectivity index (χ2n) is 2.77. The standard InChI is InChI=1S/C8H7BrN2O/c1-4-6-5(9)2-3-10-7(6)11-8(4)12/h2-4H,1H3,(H,10,11,12). The number of rotatable bonds is 0. The Balaban J connectivity index is 2.62. The Morgan fingerprint density at radius 1 is 1.67 bits per heavy atom. The van der Waals surface area contributed by atoms with Gasteiger partial charge in [-0.25, -0.2) is 4.98 Å². The topological polar surface area (TPSA) is 42.0 Å². The first-order valence-corrected chi connectivity index (χ1v) is 4.44. The molecule has 4 heteroatoms. The zero-order chi connectivity index (χ0) is 8.72. The summed E-state index contributed by atoms with van der Waals surface area (Å²) < 4.78 is 0.943. The lowest BCUT2D eigenvalue weighted by atomic mass is 10.1. The van der Waals surface area contributed by atoms with Gasteiger partial charge in [0.15, 0.2) is 0 Å². The summed E-state index contributed by atoms with van der Waals surface area (Å²) in [6, 6.07) is 1.84. The summed E-state index contributed by atoms with van der Waals surface area (Å²) >= 11 is 3.38. The van der Waals surface area contributed by atoms with Gasteiger partial charge in [-0.3, -0.25) is 4.79 Å². The third-order valence-electron chi connectivity index (χ3n) is 2.00. The van der Waals surface area contributed by atoms with Gasteiger partial charge in [0.25, 0.3) is 0 Å². The van der Waals surface area contributed by atoms with Crippen molar-refractivity contribution >= 4 is 27.7 Å². The minimum Gasteiger partial charge on any atom is -0.310 e. The molecule has 0 saturated heterocycles. The lowest BCUT2D eigenvalue weighted by molar-refractivity contribution is -0.116. The minimum absolute atomic E-state index is 0.0180. The molecule has 1 unspecified atom stereocenters. The predicted molar refractivity (Wildman–Crippen MR) is 49.0 cm³/mol. The van der Waals surface area contributed by atoms with Crippen LogP contribution in [0.1, 0.15) is 18.4 Å². The number of hydrogen-bond donors (Lipinski definition) is 1. The molecule has 1 aliphatic rings. The number of fused-ring (bicyclic) bond motifs is 1. The van der Waals surface area contributed by atoms with Gasteiger partial charge in [-0.1, -0.05) is 15.9 Å². The van der Waals surface area contributed by atoms with E-state index in [4.69, 9.17) is 0 Å². The first-order valence-electron chi connectivity index (χ1n) is 3.65. The maximum absolute atomic E-state index is 11.2. The second kappa shape index (κ2) is 2.55. The number of aromatic nitrogens is 1. The Kier molecular flexibility index (Phi) is 1.65. The van der Waals surface area contributed by atoms with E-state index >= 15 is 0 Å². The average Bonchev–Trinajstić information content (AvgIpc) is 2.29. The monoisotopic (exact) mass is 226 g/mol. The highest BCUT2D eigenvalue weighted by Crippen LogP contribution is 2.35. The summed E-state index contributed by atoms with van der Waals surface area (Å²) in [5.74, 6) is 0.606. The molecule has 1 aromatic rings. The molecular weight excluding hydrogens is 220 g/mol. The van der Waals surface area contributed by atoms with E-state index in [1.165, 1.54) is 0 Å². The number of hydrogen-bond acceptors (Lipinski definition) is 2. The van der Waals surface area contributed by atoms with Crippen LogP contribution < -0.4 is 5.32 Å². The molecule has 1 aromatic heterocycles. The number of anilines is 1. The van der Waals surface area contributed by atoms with Crippen molar-refractivity contribution in [2.75, 3.05) is 5.32 Å². The fourth-order valence-electron chi connectivity index (χ4n) is 1.32. The molecule has 62 valence electrons. The molecule has 2 rings (SSSR count). The number of nitrogens with one attached hydrogen (secondary N) is 1. The van der Waals surface area contributed by atoms with Crippen LogP contribution in [0.2, 0.25) is 0 Å². The molecule has 0 fully saturated rings. The van der Waals surface area contributed by atoms with Crippen molar-refractivity contribution < 1.29 is 4.79 Å². The maximum atomic E-state index is 11.2. The molecule has 1 amide bonds. The Bertz CT molecular complexity index is 351. The van der Waals surface area contributed by atoms with E-state index in [1.54, 1.807) is 6.20 Å². The summed E-state index contributed by atoms with van der Waals surface area (Å²) in [5.41, 5.74) is 0.961. The largest absolute Gasteiger partial charge is 0.310 e. The fraction of sp³-hybridized carbons (Fsp3) is 0.250. The van der Waals surface area contributed by atoms with Gasteiger partial charge in [0.2, 0.25) is 5.91 Å². The third kappa shape index (κ3) is 0.948. The molecule has 0 radical (unpaired) electrons. The molecule has 0 aromatic carbocycles. The van der Waals surface area contributed by atoms with Crippen LogP contribution in [0, 0.1) is 0 Å². The van der Waals surface area contributed by atoms with Crippen molar-refractivity contribution in [3.63, 3.8) is 0 Å². The van der Waals surface area contributed by atoms with Gasteiger partial charge in [0.05, 0.1) is 5.92 Å². The van der Waals surface area contributed by atoms with E-state index in [9.17, 15) is 4.79 Å². The van der Waals surface area contributed by atoms with Crippen molar-refractivity contribution in [1.29, 1.82) is 0 Å². The summed E-state index contributed by atoms with van der Waals surface area (Å²) in [6.45, 7) is 1.87. The highest BCUT2D eigenvalue weighted by atomic mass is 79.9. The normalized spacial score (nSPS) is 20.5. The molecule has 1 N–H and O–H groups in total. The van der Waals surface area contributed by atoms with Crippen LogP contribution in [0.5, 0.6) is 0 Å². The Hall–Kier alpha value is -0.900. The van der Waals surface area contributed by atoms with Crippen molar-refractivity contribution in [2.45, 2.75) is 12.8 Å². The number of carbonyl (C=O) groups is 1. The number of pyridine rings is 1. The lowest BCUT2D eigenvalue weighted by Crippen LogP contribution is -2.08. The first kappa shape index (κ1) is 7.73. The van der Waals surface area contributed by atoms with Crippen molar-refractivity contribution in [3.05, 3.63) is 22.3 Å². The smallest absolute Gasteiger partial charge is 0.232 e. The highest BCUT2D eigenvalue weighted by molar-refractivity contribution is 9.10. The van der Waals surface area contributed by atoms with Gasteiger partial charge in [-0.15, -0.1) is 0 Å². The Morgan fingerprint density at radius 2 is 2.42 bits per heavy atom. The van der Waals surface area contributed by atoms with Crippen LogP contribution in [-0.2, 0) is 4.79 Å². The molecule has 0 saturated carbocycles. The molecule has 0 spiro atoms. The Morgan fingerprint density at radius 3 is 3.08 bits per heavy atom. The van der Waals surface area contributed by atoms with E-state index < -0.39 is 0 Å². The highest BCUT2D eigenvalue weighted by Gasteiger charge is 2.29. The van der Waals surface area contributed by atoms with Gasteiger partial charge < -0.3 is 5.32 Å². The van der Waals surface area contributed by atoms with Gasteiger partial charge >= 0.3 is 0 Å². The van der Waals surface area contributed by atoms with Crippen LogP contribution in [0.3, 0.4) is 0 Å². The summed E-state index contributed by atoms with van der Waals surface area (Å²) in [7, 11) is 0. The summed E-state index contributed by atoms with van der Waals surface area (Å²) in [6.07, 6.45) is 1.67. The molecule has 2 heterocycles. The molecule has 1 aliphatic heterocycles. The number of amides is 1. The Labute approximate surface area is 78.3 Å². The van der Waals surface area contributed by atoms with E-state index in [0.717, 1.165) is 10.0 Å². The molecule has 0 aliphatic carbocycles. The van der Waals surface area contributed by atoms with Gasteiger partial charge in [-0.2, -0.15) is 0 Å². The molecule has 12 heavy (non-hydrogen) atoms. The van der Waals surface area contributed by atoms with Crippen LogP contribution >= 0.6 is 15.9 Å². The fourth-order valence-corrected chi connectivity index (χ4v) is 1.97. The average molecular weight is 227 g/mol. The van der Waals surface area contributed by atoms with E-state index in [-0.39, 0.29) is 11.8 Å². The quantitative estimate of drug-likeness (QED) is 0.735. The van der Waals surface area contributed by atoms with Crippen LogP contribution in [0.4, 0.5) is 5.82 Å². The van der Waals surface area contributed by atoms with Gasteiger partial charge in [0.1, 0.15) is 5.82 Å². The number of carbonyl (C=O) groups excluding carboxylic acids is 1. The number of nitrogens with zero attached hydrogens (tertiary/aromatic N) is 1. The maximum Gasteiger partial charge on any atom is 0.232 e. The van der Waals surface area contributed by atoms with Crippen LogP contribution in [-0.4, -0.2) is 10.9 Å². The van der Waals surface area contributed by atoms with Crippen LogP contribution in [0.25, 0.3) is 0 Å². The summed E-state index contributed by atoms with van der Waals surface area (Å²) in [4.78, 5) is 15.3. The molecule has 1 atom stereocenters. The van der Waals surface area contributed by atoms with E-state index in [2.05, 4.69) is 26.2 Å². The molecule has 0 bridgehead atoms. The summed E-state index contributed by atoms with van der Waals surface area (Å²) in [5, 5.41) is 2.71. The SMILES string of the molecule is CC1C(=O)Nc2nccc(Br)c21. The third-order valence-corrected chi connectivity index (χ3v) is 2.70. The van der Waals surface area contributed by atoms with Crippen LogP contribution in [0.15, 0.2) is 16.7 Å². The predicted octanol–water partition coefficient (Wildman–Crippen LogP) is 1.90. The zero-order valence-electron chi connectivity index (χ0n) is 6.47. The minimum atomic E-state index is -0.0944. The van der Waals surface area contributed by atoms with Crippen molar-refractivity contribution in [2.24, 2.45) is 0 Å². The lowest BCUT2D eigenvalue weighted by Gasteiger charge is -2.01. The zero-order valence-corrected chi connectivity index (χ0v) is 8.05. The van der Waals surface area contributed by atoms with Gasteiger partial charge in [0, 0.05) is 16.2 Å². The van der Waals surface area contributed by atoms with E-state index in [0.29, 0.717) is 5.82 Å². The van der Waals surface area contributed by atoms with Gasteiger partial charge in [-0.05, 0) is 13.0 Å². The molecular formula is C8H7BrN2O. The second-order valence-corrected chi connectivity index (χ2v) is 3.62. The van der Waals surface area contributed by atoms with E-state index in [1.807, 2.05) is 13.0 Å². The molecule has 3 nitrogen and oxygen atoms in total. The van der Waals surface area contributed by atoms with Crippen molar-refractivity contribution in [1.82, 2.24) is 4.98 Å². The van der Waals surface area contributed by atoms with Crippen molar-refractivity contribution in [3.8, 4) is 0 Å².